The molecule has 0 saturated heterocycles. The number of anilines is 1. The van der Waals surface area contributed by atoms with Crippen LogP contribution in [0.4, 0.5) is 5.69 Å². The van der Waals surface area contributed by atoms with Gasteiger partial charge in [-0.2, -0.15) is 5.17 Å². The van der Waals surface area contributed by atoms with Crippen molar-refractivity contribution in [3.63, 3.8) is 0 Å². The molecule has 0 aromatic heterocycles. The lowest BCUT2D eigenvalue weighted by molar-refractivity contribution is -0.111. The van der Waals surface area contributed by atoms with Gasteiger partial charge in [0, 0.05) is 0 Å². The molecule has 0 atom stereocenters. The van der Waals surface area contributed by atoms with E-state index in [1.165, 1.54) is 12.3 Å². The zero-order valence-electron chi connectivity index (χ0n) is 6.73. The Morgan fingerprint density at radius 1 is 1.42 bits per heavy atom. The molecular weight excluding hydrogens is 156 g/mol. The number of carbonyl (C=O) groups excluding carboxylic acids is 1. The molecule has 4 nitrogen and oxygen atoms in total. The minimum absolute atomic E-state index is 0.552. The molecule has 0 saturated carbocycles. The van der Waals surface area contributed by atoms with Crippen LogP contribution in [0.5, 0.6) is 0 Å². The van der Waals surface area contributed by atoms with Crippen LogP contribution in [0.25, 0.3) is 0 Å². The Balaban J connectivity index is 2.72. The molecular formula is C8H10N2O2. The van der Waals surface area contributed by atoms with E-state index >= 15 is 0 Å². The molecule has 0 aliphatic rings. The van der Waals surface area contributed by atoms with Gasteiger partial charge in [-0.3, -0.25) is 9.63 Å². The second-order valence-electron chi connectivity index (χ2n) is 2.06. The molecule has 64 valence electrons. The third-order valence-electron chi connectivity index (χ3n) is 1.34. The van der Waals surface area contributed by atoms with Gasteiger partial charge >= 0.3 is 0 Å². The van der Waals surface area contributed by atoms with Crippen LogP contribution < -0.4 is 10.6 Å². The van der Waals surface area contributed by atoms with Gasteiger partial charge in [0.25, 0.3) is 0 Å². The molecule has 0 radical (unpaired) electrons. The molecule has 1 rings (SSSR count). The highest BCUT2D eigenvalue weighted by Gasteiger charge is 2.00. The molecule has 1 aromatic rings. The first-order chi connectivity index (χ1) is 5.88. The molecule has 0 unspecified atom stereocenters. The molecule has 1 N–H and O–H groups in total. The molecule has 0 aliphatic heterocycles. The zero-order valence-corrected chi connectivity index (χ0v) is 6.73. The topological polar surface area (TPSA) is 41.6 Å². The number of benzene rings is 1. The molecule has 1 amide bonds. The average Bonchev–Trinajstić information content (AvgIpc) is 2.15. The summed E-state index contributed by atoms with van der Waals surface area (Å²) in [6, 6.07) is 9.24. The first-order valence-corrected chi connectivity index (χ1v) is 3.47. The summed E-state index contributed by atoms with van der Waals surface area (Å²) >= 11 is 0. The van der Waals surface area contributed by atoms with E-state index in [0.29, 0.717) is 6.41 Å². The van der Waals surface area contributed by atoms with Gasteiger partial charge in [0.15, 0.2) is 0 Å². The van der Waals surface area contributed by atoms with Gasteiger partial charge in [0.2, 0.25) is 6.41 Å². The van der Waals surface area contributed by atoms with Crippen molar-refractivity contribution in [2.45, 2.75) is 0 Å². The van der Waals surface area contributed by atoms with E-state index in [-0.39, 0.29) is 0 Å². The summed E-state index contributed by atoms with van der Waals surface area (Å²) in [4.78, 5) is 15.0. The Bertz CT molecular complexity index is 238. The number of hydrogen-bond acceptors (Lipinski definition) is 3. The van der Waals surface area contributed by atoms with Gasteiger partial charge in [0.1, 0.15) is 0 Å². The van der Waals surface area contributed by atoms with Crippen LogP contribution in [0.15, 0.2) is 30.3 Å². The second-order valence-corrected chi connectivity index (χ2v) is 2.06. The Kier molecular flexibility index (Phi) is 3.10. The number of hydrazine groups is 1. The van der Waals surface area contributed by atoms with Gasteiger partial charge in [-0.25, -0.2) is 5.43 Å². The maximum atomic E-state index is 10.1. The van der Waals surface area contributed by atoms with Crippen molar-refractivity contribution in [2.75, 3.05) is 12.3 Å². The highest BCUT2D eigenvalue weighted by molar-refractivity contribution is 5.53. The number of amides is 1. The van der Waals surface area contributed by atoms with E-state index in [9.17, 15) is 4.79 Å². The molecule has 0 aliphatic carbocycles. The van der Waals surface area contributed by atoms with Crippen molar-refractivity contribution in [2.24, 2.45) is 0 Å². The van der Waals surface area contributed by atoms with Crippen molar-refractivity contribution in [1.82, 2.24) is 5.43 Å². The Morgan fingerprint density at radius 2 is 2.08 bits per heavy atom. The Labute approximate surface area is 70.7 Å². The van der Waals surface area contributed by atoms with E-state index in [1.807, 2.05) is 30.3 Å². The molecule has 12 heavy (non-hydrogen) atoms. The minimum atomic E-state index is 0.552. The van der Waals surface area contributed by atoms with Gasteiger partial charge in [-0.15, -0.1) is 0 Å². The summed E-state index contributed by atoms with van der Waals surface area (Å²) < 4.78 is 0. The number of carbonyl (C=O) groups is 1. The van der Waals surface area contributed by atoms with Crippen LogP contribution in [-0.4, -0.2) is 13.5 Å². The predicted molar refractivity (Wildman–Crippen MR) is 45.1 cm³/mol. The number of hydrogen-bond donors (Lipinski definition) is 1. The lowest BCUT2D eigenvalue weighted by atomic mass is 10.3. The molecule has 0 fully saturated rings. The van der Waals surface area contributed by atoms with Crippen LogP contribution >= 0.6 is 0 Å². The number of rotatable bonds is 4. The van der Waals surface area contributed by atoms with E-state index in [4.69, 9.17) is 4.84 Å². The SMILES string of the molecule is CON(NC=O)c1ccccc1. The standard InChI is InChI=1S/C8H10N2O2/c1-12-10(9-7-11)8-5-3-2-4-6-8/h2-7H,1H3,(H,9,11). The predicted octanol–water partition coefficient (Wildman–Crippen LogP) is 0.715. The summed E-state index contributed by atoms with van der Waals surface area (Å²) in [6.45, 7) is 0. The second kappa shape index (κ2) is 4.35. The maximum absolute atomic E-state index is 10.1. The highest BCUT2D eigenvalue weighted by Crippen LogP contribution is 2.09. The van der Waals surface area contributed by atoms with E-state index < -0.39 is 0 Å². The minimum Gasteiger partial charge on any atom is -0.277 e. The van der Waals surface area contributed by atoms with E-state index in [0.717, 1.165) is 5.69 Å². The summed E-state index contributed by atoms with van der Waals surface area (Å²) in [5.41, 5.74) is 3.15. The van der Waals surface area contributed by atoms with Gasteiger partial charge in [0.05, 0.1) is 12.8 Å². The fourth-order valence-electron chi connectivity index (χ4n) is 0.844. The van der Waals surface area contributed by atoms with Crippen molar-refractivity contribution in [3.05, 3.63) is 30.3 Å². The monoisotopic (exact) mass is 166 g/mol. The van der Waals surface area contributed by atoms with Gasteiger partial charge in [-0.1, -0.05) is 18.2 Å². The summed E-state index contributed by atoms with van der Waals surface area (Å²) in [5, 5.41) is 1.27. The first-order valence-electron chi connectivity index (χ1n) is 3.47. The van der Waals surface area contributed by atoms with Crippen LogP contribution in [-0.2, 0) is 9.63 Å². The normalized spacial score (nSPS) is 9.08. The molecule has 0 bridgehead atoms. The van der Waals surface area contributed by atoms with Crippen LogP contribution in [0, 0.1) is 0 Å². The zero-order chi connectivity index (χ0) is 8.81. The fraction of sp³-hybridized carbons (Fsp3) is 0.125. The van der Waals surface area contributed by atoms with E-state index in [2.05, 4.69) is 5.43 Å². The number of nitrogens with zero attached hydrogens (tertiary/aromatic N) is 1. The first kappa shape index (κ1) is 8.55. The number of nitrogens with one attached hydrogen (secondary N) is 1. The maximum Gasteiger partial charge on any atom is 0.227 e. The van der Waals surface area contributed by atoms with Crippen LogP contribution in [0.2, 0.25) is 0 Å². The smallest absolute Gasteiger partial charge is 0.227 e. The van der Waals surface area contributed by atoms with E-state index in [1.54, 1.807) is 0 Å². The molecule has 1 aromatic carbocycles. The quantitative estimate of drug-likeness (QED) is 0.529. The van der Waals surface area contributed by atoms with Crippen molar-refractivity contribution in [1.29, 1.82) is 0 Å². The number of para-hydroxylation sites is 1. The van der Waals surface area contributed by atoms with Crippen molar-refractivity contribution < 1.29 is 9.63 Å². The molecule has 0 spiro atoms. The molecule has 4 heteroatoms. The van der Waals surface area contributed by atoms with Gasteiger partial charge < -0.3 is 0 Å². The largest absolute Gasteiger partial charge is 0.277 e. The molecule has 0 heterocycles. The Hall–Kier alpha value is -1.55. The fourth-order valence-corrected chi connectivity index (χ4v) is 0.844. The summed E-state index contributed by atoms with van der Waals surface area (Å²) in [7, 11) is 1.48. The van der Waals surface area contributed by atoms with Crippen LogP contribution in [0.3, 0.4) is 0 Å². The lowest BCUT2D eigenvalue weighted by Gasteiger charge is -2.18. The Morgan fingerprint density at radius 3 is 2.58 bits per heavy atom. The lowest BCUT2D eigenvalue weighted by Crippen LogP contribution is -2.35. The van der Waals surface area contributed by atoms with Crippen molar-refractivity contribution >= 4 is 12.1 Å². The third-order valence-corrected chi connectivity index (χ3v) is 1.34. The van der Waals surface area contributed by atoms with Crippen molar-refractivity contribution in [3.8, 4) is 0 Å². The summed E-state index contributed by atoms with van der Waals surface area (Å²) in [5.74, 6) is 0. The third kappa shape index (κ3) is 1.96. The summed E-state index contributed by atoms with van der Waals surface area (Å²) in [6.07, 6.45) is 0.552. The highest BCUT2D eigenvalue weighted by atomic mass is 16.7. The van der Waals surface area contributed by atoms with Gasteiger partial charge in [-0.05, 0) is 12.1 Å². The average molecular weight is 166 g/mol. The van der Waals surface area contributed by atoms with Crippen LogP contribution in [0.1, 0.15) is 0 Å².